The molecule has 14 heavy (non-hydrogen) atoms. The van der Waals surface area contributed by atoms with Crippen LogP contribution in [-0.2, 0) is 0 Å². The number of H-pyrrole nitrogens is 1. The van der Waals surface area contributed by atoms with E-state index in [2.05, 4.69) is 15.2 Å². The highest BCUT2D eigenvalue weighted by Gasteiger charge is 2.12. The fourth-order valence-electron chi connectivity index (χ4n) is 1.18. The summed E-state index contributed by atoms with van der Waals surface area (Å²) in [7, 11) is 0. The van der Waals surface area contributed by atoms with E-state index in [1.807, 2.05) is 0 Å². The molecular formula is C9H8ClN3O. The van der Waals surface area contributed by atoms with Crippen molar-refractivity contribution < 1.29 is 5.11 Å². The fraction of sp³-hybridized carbons (Fsp3) is 0.111. The van der Waals surface area contributed by atoms with Crippen molar-refractivity contribution in [3.63, 3.8) is 0 Å². The number of nitrogens with zero attached hydrogens (tertiary/aromatic N) is 2. The summed E-state index contributed by atoms with van der Waals surface area (Å²) < 4.78 is 0. The Bertz CT molecular complexity index is 416. The molecule has 1 heterocycles. The van der Waals surface area contributed by atoms with Crippen LogP contribution in [0.25, 0.3) is 0 Å². The van der Waals surface area contributed by atoms with Crippen molar-refractivity contribution in [1.29, 1.82) is 0 Å². The second kappa shape index (κ2) is 3.77. The number of benzene rings is 1. The third-order valence-corrected chi connectivity index (χ3v) is 2.09. The van der Waals surface area contributed by atoms with Gasteiger partial charge in [-0.05, 0) is 17.7 Å². The highest BCUT2D eigenvalue weighted by Crippen LogP contribution is 2.20. The van der Waals surface area contributed by atoms with Gasteiger partial charge < -0.3 is 5.11 Å². The molecule has 72 valence electrons. The van der Waals surface area contributed by atoms with Crippen molar-refractivity contribution >= 4 is 11.6 Å². The molecule has 2 rings (SSSR count). The number of rotatable bonds is 2. The maximum Gasteiger partial charge on any atom is 0.157 e. The van der Waals surface area contributed by atoms with Crippen molar-refractivity contribution in [3.05, 3.63) is 47.0 Å². The lowest BCUT2D eigenvalue weighted by Crippen LogP contribution is -2.01. The van der Waals surface area contributed by atoms with Crippen molar-refractivity contribution in [2.75, 3.05) is 0 Å². The molecule has 0 amide bonds. The first-order valence-electron chi connectivity index (χ1n) is 4.06. The van der Waals surface area contributed by atoms with Gasteiger partial charge in [-0.1, -0.05) is 23.7 Å². The number of halogens is 1. The first-order chi connectivity index (χ1) is 6.77. The summed E-state index contributed by atoms with van der Waals surface area (Å²) in [6.07, 6.45) is 0.541. The third-order valence-electron chi connectivity index (χ3n) is 1.86. The Kier molecular flexibility index (Phi) is 2.47. The van der Waals surface area contributed by atoms with Gasteiger partial charge in [0.25, 0.3) is 0 Å². The number of aliphatic hydroxyl groups is 1. The molecule has 1 unspecified atom stereocenters. The lowest BCUT2D eigenvalue weighted by molar-refractivity contribution is 0.210. The quantitative estimate of drug-likeness (QED) is 0.789. The van der Waals surface area contributed by atoms with Crippen LogP contribution >= 0.6 is 11.6 Å². The third kappa shape index (κ3) is 1.76. The van der Waals surface area contributed by atoms with Gasteiger partial charge in [-0.25, -0.2) is 4.98 Å². The van der Waals surface area contributed by atoms with Crippen LogP contribution in [-0.4, -0.2) is 20.3 Å². The highest BCUT2D eigenvalue weighted by molar-refractivity contribution is 6.30. The fourth-order valence-corrected chi connectivity index (χ4v) is 1.38. The molecule has 1 aromatic heterocycles. The summed E-state index contributed by atoms with van der Waals surface area (Å²) in [4.78, 5) is 3.86. The largest absolute Gasteiger partial charge is 0.380 e. The van der Waals surface area contributed by atoms with Gasteiger partial charge in [-0.15, -0.1) is 0 Å². The Morgan fingerprint density at radius 1 is 1.43 bits per heavy atom. The number of aromatic amines is 1. The van der Waals surface area contributed by atoms with E-state index >= 15 is 0 Å². The average Bonchev–Trinajstić information content (AvgIpc) is 2.69. The van der Waals surface area contributed by atoms with Crippen LogP contribution in [0.4, 0.5) is 0 Å². The van der Waals surface area contributed by atoms with Gasteiger partial charge in [0.15, 0.2) is 5.82 Å². The Morgan fingerprint density at radius 3 is 2.93 bits per heavy atom. The van der Waals surface area contributed by atoms with E-state index in [0.29, 0.717) is 16.4 Å². The minimum atomic E-state index is -0.809. The Morgan fingerprint density at radius 2 is 2.29 bits per heavy atom. The van der Waals surface area contributed by atoms with E-state index in [9.17, 15) is 5.11 Å². The summed E-state index contributed by atoms with van der Waals surface area (Å²) in [5.41, 5.74) is 0.689. The molecule has 0 fully saturated rings. The van der Waals surface area contributed by atoms with Crippen LogP contribution in [0.3, 0.4) is 0 Å². The minimum absolute atomic E-state index is 0.410. The van der Waals surface area contributed by atoms with E-state index < -0.39 is 6.10 Å². The lowest BCUT2D eigenvalue weighted by Gasteiger charge is -2.07. The molecule has 0 bridgehead atoms. The van der Waals surface area contributed by atoms with Crippen LogP contribution in [0, 0.1) is 0 Å². The van der Waals surface area contributed by atoms with Gasteiger partial charge in [-0.2, -0.15) is 5.10 Å². The summed E-state index contributed by atoms with van der Waals surface area (Å²) in [6.45, 7) is 0. The van der Waals surface area contributed by atoms with Gasteiger partial charge in [0.05, 0.1) is 0 Å². The molecule has 1 atom stereocenters. The molecule has 0 aliphatic rings. The maximum absolute atomic E-state index is 9.81. The number of aromatic nitrogens is 3. The molecule has 0 aliphatic carbocycles. The molecule has 0 spiro atoms. The number of aliphatic hydroxyl groups excluding tert-OH is 1. The van der Waals surface area contributed by atoms with E-state index in [1.165, 1.54) is 6.33 Å². The molecule has 0 radical (unpaired) electrons. The van der Waals surface area contributed by atoms with E-state index in [4.69, 9.17) is 11.6 Å². The maximum atomic E-state index is 9.81. The van der Waals surface area contributed by atoms with Crippen LogP contribution < -0.4 is 0 Å². The first-order valence-corrected chi connectivity index (χ1v) is 4.44. The zero-order valence-electron chi connectivity index (χ0n) is 7.18. The molecule has 2 N–H and O–H groups in total. The van der Waals surface area contributed by atoms with Crippen LogP contribution in [0.2, 0.25) is 5.02 Å². The molecular weight excluding hydrogens is 202 g/mol. The molecule has 4 nitrogen and oxygen atoms in total. The minimum Gasteiger partial charge on any atom is -0.380 e. The Labute approximate surface area is 85.6 Å². The summed E-state index contributed by atoms with van der Waals surface area (Å²) in [5.74, 6) is 0.410. The molecule has 0 saturated heterocycles. The molecule has 0 aliphatic heterocycles. The monoisotopic (exact) mass is 209 g/mol. The van der Waals surface area contributed by atoms with Crippen molar-refractivity contribution in [2.45, 2.75) is 6.10 Å². The molecule has 1 aromatic carbocycles. The van der Waals surface area contributed by atoms with E-state index in [0.717, 1.165) is 0 Å². The van der Waals surface area contributed by atoms with Crippen LogP contribution in [0.1, 0.15) is 17.5 Å². The molecule has 2 aromatic rings. The average molecular weight is 210 g/mol. The second-order valence-electron chi connectivity index (χ2n) is 2.83. The molecule has 0 saturated carbocycles. The Hall–Kier alpha value is -1.39. The van der Waals surface area contributed by atoms with E-state index in [1.54, 1.807) is 24.3 Å². The standard InChI is InChI=1S/C9H8ClN3O/c10-7-3-1-2-6(4-7)8(14)9-11-5-12-13-9/h1-5,8,14H,(H,11,12,13). The van der Waals surface area contributed by atoms with Gasteiger partial charge in [0.2, 0.25) is 0 Å². The predicted molar refractivity (Wildman–Crippen MR) is 51.9 cm³/mol. The predicted octanol–water partition coefficient (Wildman–Crippen LogP) is 1.54. The van der Waals surface area contributed by atoms with Crippen molar-refractivity contribution in [3.8, 4) is 0 Å². The number of hydrogen-bond donors (Lipinski definition) is 2. The normalized spacial score (nSPS) is 12.7. The summed E-state index contributed by atoms with van der Waals surface area (Å²) in [6, 6.07) is 6.99. The van der Waals surface area contributed by atoms with Crippen LogP contribution in [0.5, 0.6) is 0 Å². The zero-order valence-corrected chi connectivity index (χ0v) is 7.94. The molecule has 5 heteroatoms. The first kappa shape index (κ1) is 9.18. The SMILES string of the molecule is OC(c1cccc(Cl)c1)c1ncn[nH]1. The van der Waals surface area contributed by atoms with Gasteiger partial charge in [0.1, 0.15) is 12.4 Å². The second-order valence-corrected chi connectivity index (χ2v) is 3.26. The lowest BCUT2D eigenvalue weighted by atomic mass is 10.1. The number of hydrogen-bond acceptors (Lipinski definition) is 3. The van der Waals surface area contributed by atoms with Gasteiger partial charge in [-0.3, -0.25) is 5.10 Å². The Balaban J connectivity index is 2.32. The summed E-state index contributed by atoms with van der Waals surface area (Å²) >= 11 is 5.79. The smallest absolute Gasteiger partial charge is 0.157 e. The topological polar surface area (TPSA) is 61.8 Å². The van der Waals surface area contributed by atoms with Crippen LogP contribution in [0.15, 0.2) is 30.6 Å². The highest BCUT2D eigenvalue weighted by atomic mass is 35.5. The zero-order chi connectivity index (χ0) is 9.97. The summed E-state index contributed by atoms with van der Waals surface area (Å²) in [5, 5.41) is 16.7. The van der Waals surface area contributed by atoms with Crippen molar-refractivity contribution in [2.24, 2.45) is 0 Å². The van der Waals surface area contributed by atoms with Gasteiger partial charge in [0, 0.05) is 5.02 Å². The van der Waals surface area contributed by atoms with E-state index in [-0.39, 0.29) is 0 Å². The number of nitrogens with one attached hydrogen (secondary N) is 1. The van der Waals surface area contributed by atoms with Crippen molar-refractivity contribution in [1.82, 2.24) is 15.2 Å². The van der Waals surface area contributed by atoms with Gasteiger partial charge >= 0.3 is 0 Å².